The van der Waals surface area contributed by atoms with Crippen LogP contribution in [0, 0.1) is 0 Å². The smallest absolute Gasteiger partial charge is 0.270 e. The summed E-state index contributed by atoms with van der Waals surface area (Å²) >= 11 is 6.08. The van der Waals surface area contributed by atoms with Crippen LogP contribution in [-0.2, 0) is 12.5 Å². The molecule has 0 atom stereocenters. The molecular weight excluding hydrogens is 258 g/mol. The molecule has 5 heteroatoms. The molecule has 18 heavy (non-hydrogen) atoms. The van der Waals surface area contributed by atoms with Crippen LogP contribution in [0.4, 0.5) is 8.78 Å². The first-order chi connectivity index (χ1) is 8.47. The van der Waals surface area contributed by atoms with Crippen molar-refractivity contribution in [3.63, 3.8) is 0 Å². The summed E-state index contributed by atoms with van der Waals surface area (Å²) in [5.74, 6) is -2.84. The van der Waals surface area contributed by atoms with E-state index in [2.05, 4.69) is 10.2 Å². The van der Waals surface area contributed by atoms with Crippen LogP contribution in [-0.4, -0.2) is 31.1 Å². The molecule has 1 aliphatic heterocycles. The fraction of sp³-hybridized carbons (Fsp3) is 0.538. The summed E-state index contributed by atoms with van der Waals surface area (Å²) in [4.78, 5) is 2.27. The maximum atomic E-state index is 13.1. The van der Waals surface area contributed by atoms with Crippen LogP contribution in [0.5, 0.6) is 0 Å². The van der Waals surface area contributed by atoms with Gasteiger partial charge in [-0.15, -0.1) is 0 Å². The van der Waals surface area contributed by atoms with Gasteiger partial charge in [0.25, 0.3) is 5.92 Å². The number of benzene rings is 1. The van der Waals surface area contributed by atoms with Gasteiger partial charge in [0.2, 0.25) is 0 Å². The van der Waals surface area contributed by atoms with Gasteiger partial charge in [0.1, 0.15) is 0 Å². The average molecular weight is 275 g/mol. The Hall–Kier alpha value is -0.710. The van der Waals surface area contributed by atoms with Crippen LogP contribution in [0.1, 0.15) is 18.1 Å². The van der Waals surface area contributed by atoms with Crippen molar-refractivity contribution in [1.29, 1.82) is 0 Å². The molecule has 0 unspecified atom stereocenters. The van der Waals surface area contributed by atoms with Crippen molar-refractivity contribution >= 4 is 11.6 Å². The van der Waals surface area contributed by atoms with Gasteiger partial charge >= 0.3 is 0 Å². The first kappa shape index (κ1) is 13.7. The molecule has 0 radical (unpaired) electrons. The van der Waals surface area contributed by atoms with E-state index in [0.717, 1.165) is 45.2 Å². The van der Waals surface area contributed by atoms with Gasteiger partial charge in [0.15, 0.2) is 0 Å². The third kappa shape index (κ3) is 3.40. The van der Waals surface area contributed by atoms with E-state index in [4.69, 9.17) is 11.6 Å². The molecule has 0 spiro atoms. The van der Waals surface area contributed by atoms with E-state index >= 15 is 0 Å². The molecule has 1 aromatic rings. The quantitative estimate of drug-likeness (QED) is 0.912. The highest BCUT2D eigenvalue weighted by Gasteiger charge is 2.25. The summed E-state index contributed by atoms with van der Waals surface area (Å²) in [5, 5.41) is 3.69. The zero-order valence-electron chi connectivity index (χ0n) is 10.3. The van der Waals surface area contributed by atoms with Crippen molar-refractivity contribution in [3.05, 3.63) is 34.3 Å². The average Bonchev–Trinajstić information content (AvgIpc) is 2.32. The monoisotopic (exact) mass is 274 g/mol. The zero-order chi connectivity index (χ0) is 13.2. The topological polar surface area (TPSA) is 15.3 Å². The Morgan fingerprint density at radius 3 is 2.56 bits per heavy atom. The lowest BCUT2D eigenvalue weighted by molar-refractivity contribution is 0.0174. The highest BCUT2D eigenvalue weighted by molar-refractivity contribution is 6.31. The SMILES string of the molecule is CC(F)(F)c1ccc(CN2CCNCC2)c(Cl)c1. The molecule has 0 aliphatic carbocycles. The van der Waals surface area contributed by atoms with Gasteiger partial charge in [-0.25, -0.2) is 8.78 Å². The molecule has 1 saturated heterocycles. The second-order valence-corrected chi connectivity index (χ2v) is 5.13. The summed E-state index contributed by atoms with van der Waals surface area (Å²) in [6.07, 6.45) is 0. The van der Waals surface area contributed by atoms with Crippen molar-refractivity contribution in [2.24, 2.45) is 0 Å². The van der Waals surface area contributed by atoms with E-state index in [1.54, 1.807) is 6.07 Å². The van der Waals surface area contributed by atoms with E-state index < -0.39 is 5.92 Å². The van der Waals surface area contributed by atoms with Crippen LogP contribution in [0.25, 0.3) is 0 Å². The summed E-state index contributed by atoms with van der Waals surface area (Å²) in [7, 11) is 0. The molecule has 1 fully saturated rings. The summed E-state index contributed by atoms with van der Waals surface area (Å²) in [5.41, 5.74) is 0.878. The van der Waals surface area contributed by atoms with E-state index in [-0.39, 0.29) is 5.56 Å². The van der Waals surface area contributed by atoms with E-state index in [0.29, 0.717) is 5.02 Å². The lowest BCUT2D eigenvalue weighted by atomic mass is 10.1. The number of hydrogen-bond donors (Lipinski definition) is 1. The van der Waals surface area contributed by atoms with Crippen molar-refractivity contribution in [1.82, 2.24) is 10.2 Å². The molecule has 0 saturated carbocycles. The minimum atomic E-state index is -2.84. The van der Waals surface area contributed by atoms with Gasteiger partial charge in [-0.2, -0.15) is 0 Å². The Morgan fingerprint density at radius 1 is 1.33 bits per heavy atom. The van der Waals surface area contributed by atoms with E-state index in [9.17, 15) is 8.78 Å². The van der Waals surface area contributed by atoms with Crippen LogP contribution < -0.4 is 5.32 Å². The number of hydrogen-bond acceptors (Lipinski definition) is 2. The molecule has 0 aromatic heterocycles. The lowest BCUT2D eigenvalue weighted by Crippen LogP contribution is -2.42. The molecule has 100 valence electrons. The van der Waals surface area contributed by atoms with Crippen molar-refractivity contribution in [2.45, 2.75) is 19.4 Å². The number of alkyl halides is 2. The predicted octanol–water partition coefficient (Wildman–Crippen LogP) is 2.86. The fourth-order valence-corrected chi connectivity index (χ4v) is 2.30. The second kappa shape index (κ2) is 5.51. The Labute approximate surface area is 111 Å². The van der Waals surface area contributed by atoms with Gasteiger partial charge < -0.3 is 5.32 Å². The van der Waals surface area contributed by atoms with E-state index in [1.165, 1.54) is 12.1 Å². The van der Waals surface area contributed by atoms with Gasteiger partial charge in [-0.05, 0) is 11.6 Å². The zero-order valence-corrected chi connectivity index (χ0v) is 11.1. The Balaban J connectivity index is 2.09. The predicted molar refractivity (Wildman–Crippen MR) is 69.2 cm³/mol. The molecule has 2 nitrogen and oxygen atoms in total. The number of nitrogens with one attached hydrogen (secondary N) is 1. The Morgan fingerprint density at radius 2 is 2.00 bits per heavy atom. The van der Waals surface area contributed by atoms with Crippen LogP contribution in [0.15, 0.2) is 18.2 Å². The summed E-state index contributed by atoms with van der Waals surface area (Å²) in [6, 6.07) is 4.54. The first-order valence-corrected chi connectivity index (χ1v) is 6.44. The van der Waals surface area contributed by atoms with Crippen LogP contribution >= 0.6 is 11.6 Å². The molecule has 1 aliphatic rings. The third-order valence-electron chi connectivity index (χ3n) is 3.16. The second-order valence-electron chi connectivity index (χ2n) is 4.72. The third-order valence-corrected chi connectivity index (χ3v) is 3.52. The molecule has 1 N–H and O–H groups in total. The standard InChI is InChI=1S/C13H17ClF2N2/c1-13(15,16)11-3-2-10(12(14)8-11)9-18-6-4-17-5-7-18/h2-3,8,17H,4-7,9H2,1H3. The van der Waals surface area contributed by atoms with Crippen LogP contribution in [0.2, 0.25) is 5.02 Å². The van der Waals surface area contributed by atoms with Gasteiger partial charge in [-0.3, -0.25) is 4.90 Å². The van der Waals surface area contributed by atoms with Gasteiger partial charge in [0, 0.05) is 50.2 Å². The molecule has 0 amide bonds. The maximum Gasteiger partial charge on any atom is 0.270 e. The number of piperazine rings is 1. The first-order valence-electron chi connectivity index (χ1n) is 6.06. The summed E-state index contributed by atoms with van der Waals surface area (Å²) < 4.78 is 26.3. The molecular formula is C13H17ClF2N2. The summed E-state index contributed by atoms with van der Waals surface area (Å²) in [6.45, 7) is 5.44. The minimum Gasteiger partial charge on any atom is -0.314 e. The highest BCUT2D eigenvalue weighted by atomic mass is 35.5. The van der Waals surface area contributed by atoms with Crippen LogP contribution in [0.3, 0.4) is 0 Å². The van der Waals surface area contributed by atoms with Crippen molar-refractivity contribution < 1.29 is 8.78 Å². The molecule has 2 rings (SSSR count). The normalized spacial score (nSPS) is 18.0. The lowest BCUT2D eigenvalue weighted by Gasteiger charge is -2.27. The maximum absolute atomic E-state index is 13.1. The van der Waals surface area contributed by atoms with Gasteiger partial charge in [-0.1, -0.05) is 23.7 Å². The number of nitrogens with zero attached hydrogens (tertiary/aromatic N) is 1. The van der Waals surface area contributed by atoms with E-state index in [1.807, 2.05) is 0 Å². The fourth-order valence-electron chi connectivity index (χ4n) is 2.06. The molecule has 1 heterocycles. The molecule has 1 aromatic carbocycles. The molecule has 0 bridgehead atoms. The minimum absolute atomic E-state index is 0.0310. The highest BCUT2D eigenvalue weighted by Crippen LogP contribution is 2.30. The number of halogens is 3. The Kier molecular flexibility index (Phi) is 4.20. The Bertz CT molecular complexity index is 412. The van der Waals surface area contributed by atoms with Gasteiger partial charge in [0.05, 0.1) is 0 Å². The largest absolute Gasteiger partial charge is 0.314 e. The van der Waals surface area contributed by atoms with Crippen molar-refractivity contribution in [2.75, 3.05) is 26.2 Å². The van der Waals surface area contributed by atoms with Crippen molar-refractivity contribution in [3.8, 4) is 0 Å². The number of rotatable bonds is 3.